The first-order chi connectivity index (χ1) is 10.9. The van der Waals surface area contributed by atoms with Crippen LogP contribution in [0.4, 0.5) is 0 Å². The first kappa shape index (κ1) is 13.1. The third-order valence-corrected chi connectivity index (χ3v) is 4.02. The molecule has 0 aliphatic carbocycles. The minimum atomic E-state index is 0.952. The van der Waals surface area contributed by atoms with Crippen LogP contribution in [-0.4, -0.2) is 19.6 Å². The topological polar surface area (TPSA) is 35.6 Å². The summed E-state index contributed by atoms with van der Waals surface area (Å²) in [6.45, 7) is 1.90. The van der Waals surface area contributed by atoms with Crippen molar-refractivity contribution in [3.05, 3.63) is 60.9 Å². The summed E-state index contributed by atoms with van der Waals surface area (Å²) < 4.78 is 4.14. The Morgan fingerprint density at radius 3 is 2.50 bits per heavy atom. The maximum atomic E-state index is 4.59. The van der Waals surface area contributed by atoms with E-state index in [0.717, 1.165) is 31.4 Å². The normalized spacial score (nSPS) is 11.5. The number of aryl methyl sites for hydroxylation is 2. The maximum absolute atomic E-state index is 4.59. The number of nitrogens with zero attached hydrogens (tertiary/aromatic N) is 4. The number of aromatic nitrogens is 4. The first-order valence-electron chi connectivity index (χ1n) is 7.73. The lowest BCUT2D eigenvalue weighted by Gasteiger charge is -2.04. The number of rotatable bonds is 5. The van der Waals surface area contributed by atoms with Crippen LogP contribution in [0.3, 0.4) is 0 Å². The third-order valence-electron chi connectivity index (χ3n) is 4.02. The molecule has 110 valence electrons. The Bertz CT molecular complexity index is 870. The van der Waals surface area contributed by atoms with E-state index in [9.17, 15) is 0 Å². The highest BCUT2D eigenvalue weighted by atomic mass is 15.3. The van der Waals surface area contributed by atoms with E-state index in [4.69, 9.17) is 0 Å². The molecule has 22 heavy (non-hydrogen) atoms. The predicted octanol–water partition coefficient (Wildman–Crippen LogP) is 3.87. The van der Waals surface area contributed by atoms with Gasteiger partial charge in [-0.2, -0.15) is 10.2 Å². The average molecular weight is 290 g/mol. The molecule has 2 heterocycles. The maximum Gasteiger partial charge on any atom is 0.0923 e. The Balaban J connectivity index is 1.37. The number of hydrogen-bond acceptors (Lipinski definition) is 2. The fourth-order valence-corrected chi connectivity index (χ4v) is 2.87. The van der Waals surface area contributed by atoms with Crippen LogP contribution in [0.5, 0.6) is 0 Å². The molecule has 0 saturated heterocycles. The number of hydrogen-bond donors (Lipinski definition) is 0. The van der Waals surface area contributed by atoms with Gasteiger partial charge in [-0.1, -0.05) is 36.4 Å². The van der Waals surface area contributed by atoms with E-state index < -0.39 is 0 Å². The summed E-state index contributed by atoms with van der Waals surface area (Å²) in [5, 5.41) is 11.5. The lowest BCUT2D eigenvalue weighted by atomic mass is 10.2. The van der Waals surface area contributed by atoms with Gasteiger partial charge in [-0.25, -0.2) is 0 Å². The largest absolute Gasteiger partial charge is 0.272 e. The molecule has 4 rings (SSSR count). The molecule has 0 aliphatic heterocycles. The zero-order valence-corrected chi connectivity index (χ0v) is 12.4. The lowest BCUT2D eigenvalue weighted by Crippen LogP contribution is -2.03. The van der Waals surface area contributed by atoms with Gasteiger partial charge in [0.15, 0.2) is 0 Å². The molecule has 0 atom stereocenters. The minimum absolute atomic E-state index is 0.952. The summed E-state index contributed by atoms with van der Waals surface area (Å²) in [6, 6.07) is 16.6. The Labute approximate surface area is 129 Å². The van der Waals surface area contributed by atoms with Crippen LogP contribution in [0.15, 0.2) is 60.9 Å². The molecule has 0 fully saturated rings. The summed E-state index contributed by atoms with van der Waals surface area (Å²) in [7, 11) is 0. The van der Waals surface area contributed by atoms with Crippen molar-refractivity contribution >= 4 is 21.8 Å². The molecule has 2 aromatic carbocycles. The van der Waals surface area contributed by atoms with Crippen molar-refractivity contribution in [3.63, 3.8) is 0 Å². The third kappa shape index (κ3) is 2.48. The molecule has 2 aromatic heterocycles. The summed E-state index contributed by atoms with van der Waals surface area (Å²) in [5.41, 5.74) is 2.29. The molecular formula is C18H18N4. The van der Waals surface area contributed by atoms with Gasteiger partial charge in [0.2, 0.25) is 0 Å². The van der Waals surface area contributed by atoms with Gasteiger partial charge < -0.3 is 0 Å². The Morgan fingerprint density at radius 2 is 1.59 bits per heavy atom. The van der Waals surface area contributed by atoms with E-state index in [1.807, 2.05) is 16.9 Å². The van der Waals surface area contributed by atoms with Gasteiger partial charge in [-0.15, -0.1) is 0 Å². The van der Waals surface area contributed by atoms with E-state index in [1.54, 1.807) is 0 Å². The molecule has 0 N–H and O–H groups in total. The van der Waals surface area contributed by atoms with Gasteiger partial charge in [0.1, 0.15) is 0 Å². The fraction of sp³-hybridized carbons (Fsp3) is 0.222. The van der Waals surface area contributed by atoms with E-state index in [1.165, 1.54) is 16.3 Å². The van der Waals surface area contributed by atoms with E-state index in [2.05, 4.69) is 63.5 Å². The Hall–Kier alpha value is -2.62. The smallest absolute Gasteiger partial charge is 0.0923 e. The minimum Gasteiger partial charge on any atom is -0.272 e. The highest BCUT2D eigenvalue weighted by Crippen LogP contribution is 2.14. The van der Waals surface area contributed by atoms with Crippen LogP contribution < -0.4 is 0 Å². The average Bonchev–Trinajstić information content (AvgIpc) is 3.15. The lowest BCUT2D eigenvalue weighted by molar-refractivity contribution is 0.510. The van der Waals surface area contributed by atoms with Crippen LogP contribution in [0.1, 0.15) is 12.8 Å². The highest BCUT2D eigenvalue weighted by molar-refractivity contribution is 5.78. The van der Waals surface area contributed by atoms with E-state index >= 15 is 0 Å². The van der Waals surface area contributed by atoms with Crippen molar-refractivity contribution in [1.29, 1.82) is 0 Å². The molecule has 0 aliphatic rings. The summed E-state index contributed by atoms with van der Waals surface area (Å²) in [5.74, 6) is 0. The second kappa shape index (κ2) is 5.64. The fourth-order valence-electron chi connectivity index (χ4n) is 2.87. The predicted molar refractivity (Wildman–Crippen MR) is 88.7 cm³/mol. The van der Waals surface area contributed by atoms with Gasteiger partial charge in [-0.05, 0) is 25.0 Å². The van der Waals surface area contributed by atoms with Crippen molar-refractivity contribution in [3.8, 4) is 0 Å². The zero-order chi connectivity index (χ0) is 14.8. The number of unbranched alkanes of at least 4 members (excludes halogenated alkanes) is 1. The van der Waals surface area contributed by atoms with Crippen LogP contribution in [0.2, 0.25) is 0 Å². The molecule has 0 saturated carbocycles. The summed E-state index contributed by atoms with van der Waals surface area (Å²) >= 11 is 0. The summed E-state index contributed by atoms with van der Waals surface area (Å²) in [4.78, 5) is 0. The van der Waals surface area contributed by atoms with Gasteiger partial charge in [0.05, 0.1) is 17.2 Å². The van der Waals surface area contributed by atoms with Crippen LogP contribution >= 0.6 is 0 Å². The molecule has 0 spiro atoms. The quantitative estimate of drug-likeness (QED) is 0.523. The van der Waals surface area contributed by atoms with Gasteiger partial charge >= 0.3 is 0 Å². The second-order valence-corrected chi connectivity index (χ2v) is 5.58. The molecule has 0 radical (unpaired) electrons. The molecule has 0 amide bonds. The number of benzene rings is 2. The number of para-hydroxylation sites is 1. The molecule has 0 unspecified atom stereocenters. The summed E-state index contributed by atoms with van der Waals surface area (Å²) in [6.07, 6.45) is 6.26. The molecular weight excluding hydrogens is 272 g/mol. The Morgan fingerprint density at radius 1 is 0.818 bits per heavy atom. The zero-order valence-electron chi connectivity index (χ0n) is 12.4. The number of fused-ring (bicyclic) bond motifs is 2. The highest BCUT2D eigenvalue weighted by Gasteiger charge is 2.02. The van der Waals surface area contributed by atoms with Gasteiger partial charge in [0.25, 0.3) is 0 Å². The first-order valence-corrected chi connectivity index (χ1v) is 7.73. The van der Waals surface area contributed by atoms with Gasteiger partial charge in [-0.3, -0.25) is 9.36 Å². The van der Waals surface area contributed by atoms with Crippen molar-refractivity contribution in [2.75, 3.05) is 0 Å². The van der Waals surface area contributed by atoms with Gasteiger partial charge in [0, 0.05) is 30.1 Å². The van der Waals surface area contributed by atoms with Crippen molar-refractivity contribution in [2.45, 2.75) is 25.9 Å². The molecule has 4 aromatic rings. The van der Waals surface area contributed by atoms with E-state index in [0.29, 0.717) is 0 Å². The van der Waals surface area contributed by atoms with Crippen molar-refractivity contribution in [2.24, 2.45) is 0 Å². The second-order valence-electron chi connectivity index (χ2n) is 5.58. The van der Waals surface area contributed by atoms with Crippen LogP contribution in [0.25, 0.3) is 21.8 Å². The molecule has 4 nitrogen and oxygen atoms in total. The standard InChI is InChI=1S/C18H18N4/c1-3-9-17-16(8-1)14-21(20-17)11-5-6-12-22-18-10-4-2-7-15(18)13-19-22/h1-4,7-10,13-14H,5-6,11-12H2. The molecule has 0 bridgehead atoms. The van der Waals surface area contributed by atoms with Crippen molar-refractivity contribution in [1.82, 2.24) is 19.6 Å². The van der Waals surface area contributed by atoms with Crippen LogP contribution in [0, 0.1) is 0 Å². The van der Waals surface area contributed by atoms with Crippen LogP contribution in [-0.2, 0) is 13.1 Å². The van der Waals surface area contributed by atoms with E-state index in [-0.39, 0.29) is 0 Å². The SMILES string of the molecule is c1ccc2nn(CCCCn3ncc4ccccc43)cc2c1. The van der Waals surface area contributed by atoms with Crippen molar-refractivity contribution < 1.29 is 0 Å². The Kier molecular flexibility index (Phi) is 3.35. The molecule has 4 heteroatoms. The monoisotopic (exact) mass is 290 g/mol.